The molecule has 8 heteroatoms. The Hall–Kier alpha value is -0.670. The summed E-state index contributed by atoms with van der Waals surface area (Å²) in [5.41, 5.74) is 0. The summed E-state index contributed by atoms with van der Waals surface area (Å²) in [5, 5.41) is 9.07. The largest absolute Gasteiger partial charge is 0.496 e. The number of aliphatic hydroxyl groups is 1. The number of aliphatic hydroxyl groups excluding tert-OH is 1. The molecular formula is C11H16BrNO5S. The van der Waals surface area contributed by atoms with Gasteiger partial charge in [0.25, 0.3) is 0 Å². The average molecular weight is 354 g/mol. The molecule has 1 atom stereocenters. The van der Waals surface area contributed by atoms with Gasteiger partial charge in [-0.25, -0.2) is 13.1 Å². The van der Waals surface area contributed by atoms with Gasteiger partial charge in [-0.15, -0.1) is 0 Å². The van der Waals surface area contributed by atoms with Gasteiger partial charge >= 0.3 is 0 Å². The van der Waals surface area contributed by atoms with Gasteiger partial charge in [0, 0.05) is 7.11 Å². The van der Waals surface area contributed by atoms with Gasteiger partial charge in [0.1, 0.15) is 5.75 Å². The lowest BCUT2D eigenvalue weighted by molar-refractivity contribution is 0.139. The fraction of sp³-hybridized carbons (Fsp3) is 0.455. The zero-order chi connectivity index (χ0) is 14.5. The van der Waals surface area contributed by atoms with Gasteiger partial charge in [0.05, 0.1) is 35.7 Å². The van der Waals surface area contributed by atoms with E-state index in [9.17, 15) is 8.42 Å². The zero-order valence-electron chi connectivity index (χ0n) is 10.6. The third-order valence-electron chi connectivity index (χ3n) is 2.34. The van der Waals surface area contributed by atoms with Crippen molar-refractivity contribution in [3.05, 3.63) is 22.7 Å². The molecule has 1 aromatic rings. The molecule has 108 valence electrons. The highest BCUT2D eigenvalue weighted by Gasteiger charge is 2.20. The van der Waals surface area contributed by atoms with Gasteiger partial charge in [0.15, 0.2) is 0 Å². The number of hydrogen-bond donors (Lipinski definition) is 2. The summed E-state index contributed by atoms with van der Waals surface area (Å²) in [6.07, 6.45) is 0. The van der Waals surface area contributed by atoms with Crippen molar-refractivity contribution < 1.29 is 23.0 Å². The van der Waals surface area contributed by atoms with E-state index in [1.54, 1.807) is 6.07 Å². The molecule has 0 heterocycles. The Kier molecular flexibility index (Phi) is 6.21. The second kappa shape index (κ2) is 7.20. The van der Waals surface area contributed by atoms with Crippen molar-refractivity contribution in [2.75, 3.05) is 27.4 Å². The number of methoxy groups -OCH3 is 2. The number of benzene rings is 1. The summed E-state index contributed by atoms with van der Waals surface area (Å²) in [5.74, 6) is 0.537. The van der Waals surface area contributed by atoms with Crippen LogP contribution in [0.3, 0.4) is 0 Å². The molecule has 19 heavy (non-hydrogen) atoms. The van der Waals surface area contributed by atoms with Crippen molar-refractivity contribution >= 4 is 26.0 Å². The third-order valence-corrected chi connectivity index (χ3v) is 4.48. The molecule has 0 radical (unpaired) electrons. The molecule has 6 nitrogen and oxygen atoms in total. The minimum absolute atomic E-state index is 0.0785. The summed E-state index contributed by atoms with van der Waals surface area (Å²) in [7, 11) is -0.792. The maximum absolute atomic E-state index is 12.1. The normalized spacial score (nSPS) is 13.3. The van der Waals surface area contributed by atoms with Crippen molar-refractivity contribution in [1.82, 2.24) is 4.72 Å². The van der Waals surface area contributed by atoms with Crippen LogP contribution in [0, 0.1) is 0 Å². The summed E-state index contributed by atoms with van der Waals surface area (Å²) >= 11 is 3.22. The van der Waals surface area contributed by atoms with E-state index in [1.807, 2.05) is 0 Å². The topological polar surface area (TPSA) is 84.9 Å². The number of nitrogens with one attached hydrogen (secondary N) is 1. The van der Waals surface area contributed by atoms with Crippen molar-refractivity contribution in [3.8, 4) is 5.75 Å². The lowest BCUT2D eigenvalue weighted by Gasteiger charge is -2.16. The molecule has 2 N–H and O–H groups in total. The van der Waals surface area contributed by atoms with Gasteiger partial charge in [-0.05, 0) is 34.1 Å². The monoisotopic (exact) mass is 353 g/mol. The molecule has 0 bridgehead atoms. The Bertz CT molecular complexity index is 520. The standard InChI is InChI=1S/C11H16BrNO5S/c1-17-7-8(6-14)13-19(15,16)9-3-4-11(18-2)10(12)5-9/h3-5,8,13-14H,6-7H2,1-2H3. The van der Waals surface area contributed by atoms with Crippen molar-refractivity contribution in [3.63, 3.8) is 0 Å². The molecule has 0 saturated carbocycles. The lowest BCUT2D eigenvalue weighted by atomic mass is 10.3. The van der Waals surface area contributed by atoms with Crippen LogP contribution in [0.5, 0.6) is 5.75 Å². The highest BCUT2D eigenvalue weighted by molar-refractivity contribution is 9.10. The maximum atomic E-state index is 12.1. The van der Waals surface area contributed by atoms with E-state index in [1.165, 1.54) is 26.4 Å². The van der Waals surface area contributed by atoms with E-state index in [0.717, 1.165) is 0 Å². The SMILES string of the molecule is COCC(CO)NS(=O)(=O)c1ccc(OC)c(Br)c1. The summed E-state index contributed by atoms with van der Waals surface area (Å²) in [6.45, 7) is -0.253. The predicted octanol–water partition coefficient (Wildman–Crippen LogP) is 0.743. The molecule has 0 aliphatic rings. The fourth-order valence-corrected chi connectivity index (χ4v) is 3.36. The smallest absolute Gasteiger partial charge is 0.241 e. The number of hydrogen-bond acceptors (Lipinski definition) is 5. The van der Waals surface area contributed by atoms with Crippen LogP contribution in [0.25, 0.3) is 0 Å². The average Bonchev–Trinajstić information content (AvgIpc) is 2.37. The first-order valence-corrected chi connectivity index (χ1v) is 7.68. The van der Waals surface area contributed by atoms with Gasteiger partial charge in [-0.2, -0.15) is 0 Å². The Labute approximate surface area is 120 Å². The number of ether oxygens (including phenoxy) is 2. The molecule has 1 unspecified atom stereocenters. The Morgan fingerprint density at radius 3 is 2.58 bits per heavy atom. The van der Waals surface area contributed by atoms with Crippen LogP contribution in [-0.2, 0) is 14.8 Å². The minimum atomic E-state index is -3.72. The van der Waals surface area contributed by atoms with Gasteiger partial charge in [-0.3, -0.25) is 0 Å². The van der Waals surface area contributed by atoms with E-state index in [-0.39, 0.29) is 18.1 Å². The number of sulfonamides is 1. The Morgan fingerprint density at radius 2 is 2.11 bits per heavy atom. The van der Waals surface area contributed by atoms with Gasteiger partial charge < -0.3 is 14.6 Å². The quantitative estimate of drug-likeness (QED) is 0.755. The lowest BCUT2D eigenvalue weighted by Crippen LogP contribution is -2.40. The molecule has 0 spiro atoms. The van der Waals surface area contributed by atoms with Crippen LogP contribution in [0.4, 0.5) is 0 Å². The second-order valence-electron chi connectivity index (χ2n) is 3.75. The van der Waals surface area contributed by atoms with Crippen LogP contribution in [0.2, 0.25) is 0 Å². The number of rotatable bonds is 7. The molecule has 0 fully saturated rings. The minimum Gasteiger partial charge on any atom is -0.496 e. The van der Waals surface area contributed by atoms with E-state index in [4.69, 9.17) is 14.6 Å². The van der Waals surface area contributed by atoms with Crippen molar-refractivity contribution in [2.24, 2.45) is 0 Å². The van der Waals surface area contributed by atoms with Gasteiger partial charge in [-0.1, -0.05) is 0 Å². The van der Waals surface area contributed by atoms with Crippen molar-refractivity contribution in [1.29, 1.82) is 0 Å². The highest BCUT2D eigenvalue weighted by Crippen LogP contribution is 2.27. The van der Waals surface area contributed by atoms with Crippen molar-refractivity contribution in [2.45, 2.75) is 10.9 Å². The van der Waals surface area contributed by atoms with E-state index >= 15 is 0 Å². The van der Waals surface area contributed by atoms with Crippen LogP contribution in [-0.4, -0.2) is 47.0 Å². The van der Waals surface area contributed by atoms with Crippen LogP contribution >= 0.6 is 15.9 Å². The third kappa shape index (κ3) is 4.43. The summed E-state index contributed by atoms with van der Waals surface area (Å²) in [6, 6.07) is 3.72. The fourth-order valence-electron chi connectivity index (χ4n) is 1.43. The maximum Gasteiger partial charge on any atom is 0.241 e. The first-order chi connectivity index (χ1) is 8.94. The molecule has 0 aliphatic carbocycles. The molecular weight excluding hydrogens is 338 g/mol. The summed E-state index contributed by atoms with van der Waals surface area (Å²) < 4.78 is 36.9. The molecule has 0 amide bonds. The predicted molar refractivity (Wildman–Crippen MR) is 73.8 cm³/mol. The highest BCUT2D eigenvalue weighted by atomic mass is 79.9. The molecule has 1 rings (SSSR count). The van der Waals surface area contributed by atoms with E-state index in [0.29, 0.717) is 10.2 Å². The first-order valence-electron chi connectivity index (χ1n) is 5.40. The van der Waals surface area contributed by atoms with Gasteiger partial charge in [0.2, 0.25) is 10.0 Å². The molecule has 0 saturated heterocycles. The van der Waals surface area contributed by atoms with Crippen LogP contribution in [0.1, 0.15) is 0 Å². The van der Waals surface area contributed by atoms with Crippen LogP contribution < -0.4 is 9.46 Å². The summed E-state index contributed by atoms with van der Waals surface area (Å²) in [4.78, 5) is 0.0785. The second-order valence-corrected chi connectivity index (χ2v) is 6.32. The first kappa shape index (κ1) is 16.4. The zero-order valence-corrected chi connectivity index (χ0v) is 13.0. The van der Waals surface area contributed by atoms with E-state index < -0.39 is 16.1 Å². The molecule has 0 aromatic heterocycles. The van der Waals surface area contributed by atoms with E-state index in [2.05, 4.69) is 20.7 Å². The Balaban J connectivity index is 2.96. The Morgan fingerprint density at radius 1 is 1.42 bits per heavy atom. The molecule has 1 aromatic carbocycles. The number of halogens is 1. The molecule has 0 aliphatic heterocycles. The van der Waals surface area contributed by atoms with Crippen LogP contribution in [0.15, 0.2) is 27.6 Å².